The van der Waals surface area contributed by atoms with Crippen LogP contribution in [0.3, 0.4) is 0 Å². The van der Waals surface area contributed by atoms with Crippen molar-refractivity contribution in [1.29, 1.82) is 0 Å². The van der Waals surface area contributed by atoms with Crippen molar-refractivity contribution in [3.05, 3.63) is 75.8 Å². The summed E-state index contributed by atoms with van der Waals surface area (Å²) < 4.78 is 25.3. The molecule has 13 heteroatoms. The largest absolute Gasteiger partial charge is 0.397 e. The summed E-state index contributed by atoms with van der Waals surface area (Å²) in [5, 5.41) is 22.7. The third kappa shape index (κ3) is 5.35. The van der Waals surface area contributed by atoms with E-state index in [4.69, 9.17) is 20.5 Å². The molecule has 0 aliphatic heterocycles. The van der Waals surface area contributed by atoms with Gasteiger partial charge in [0, 0.05) is 44.8 Å². The minimum atomic E-state index is -1.32. The molecule has 49 heavy (non-hydrogen) atoms. The van der Waals surface area contributed by atoms with E-state index in [0.29, 0.717) is 30.0 Å². The highest BCUT2D eigenvalue weighted by molar-refractivity contribution is 5.97. The number of halogens is 1. The van der Waals surface area contributed by atoms with Crippen LogP contribution in [-0.4, -0.2) is 40.7 Å². The topological polar surface area (TPSA) is 190 Å². The van der Waals surface area contributed by atoms with Gasteiger partial charge in [0.25, 0.3) is 0 Å². The van der Waals surface area contributed by atoms with Crippen LogP contribution in [0.5, 0.6) is 0 Å². The van der Waals surface area contributed by atoms with Crippen molar-refractivity contribution >= 4 is 22.4 Å². The maximum atomic E-state index is 14.7. The van der Waals surface area contributed by atoms with Crippen molar-refractivity contribution in [3.8, 4) is 44.5 Å². The SMILES string of the molecule is Cc1n[nH]c(C)c1-c1cc(-c2c(C)noc2C)cc(N)c1N.Cc1n[nH]c(C)c1-c1cc(-c2c(C)noc2C)cc2[nH]c(C3(F)CC3)nc12. The smallest absolute Gasteiger partial charge is 0.168 e. The molecule has 8 rings (SSSR count). The summed E-state index contributed by atoms with van der Waals surface area (Å²) in [5.74, 6) is 1.92. The number of rotatable bonds is 5. The van der Waals surface area contributed by atoms with E-state index < -0.39 is 5.67 Å². The Labute approximate surface area is 281 Å². The Kier molecular flexibility index (Phi) is 7.45. The number of fused-ring (bicyclic) bond motifs is 1. The fourth-order valence-electron chi connectivity index (χ4n) is 6.72. The van der Waals surface area contributed by atoms with Crippen LogP contribution in [0, 0.1) is 55.4 Å². The molecule has 0 atom stereocenters. The molecular formula is C36H39FN10O2. The van der Waals surface area contributed by atoms with E-state index in [-0.39, 0.29) is 0 Å². The van der Waals surface area contributed by atoms with Crippen LogP contribution in [-0.2, 0) is 5.67 Å². The molecule has 0 unspecified atom stereocenters. The van der Waals surface area contributed by atoms with Gasteiger partial charge in [-0.1, -0.05) is 10.3 Å². The van der Waals surface area contributed by atoms with Crippen molar-refractivity contribution < 1.29 is 13.4 Å². The normalized spacial score (nSPS) is 13.6. The van der Waals surface area contributed by atoms with Gasteiger partial charge in [-0.3, -0.25) is 10.2 Å². The number of aromatic nitrogens is 8. The zero-order valence-corrected chi connectivity index (χ0v) is 28.8. The Hall–Kier alpha value is -5.72. The lowest BCUT2D eigenvalue weighted by Gasteiger charge is -2.12. The van der Waals surface area contributed by atoms with Gasteiger partial charge in [-0.15, -0.1) is 0 Å². The van der Waals surface area contributed by atoms with E-state index in [1.54, 1.807) is 0 Å². The molecule has 7 aromatic rings. The van der Waals surface area contributed by atoms with Gasteiger partial charge in [-0.2, -0.15) is 10.2 Å². The summed E-state index contributed by atoms with van der Waals surface area (Å²) >= 11 is 0. The Balaban J connectivity index is 0.000000158. The molecule has 5 heterocycles. The van der Waals surface area contributed by atoms with Gasteiger partial charge in [0.15, 0.2) is 5.67 Å². The van der Waals surface area contributed by atoms with Crippen molar-refractivity contribution in [3.63, 3.8) is 0 Å². The van der Waals surface area contributed by atoms with Gasteiger partial charge in [0.2, 0.25) is 0 Å². The van der Waals surface area contributed by atoms with Crippen molar-refractivity contribution in [2.45, 2.75) is 73.9 Å². The number of imidazole rings is 1. The predicted molar refractivity (Wildman–Crippen MR) is 187 cm³/mol. The second-order valence-electron chi connectivity index (χ2n) is 13.0. The molecule has 7 N–H and O–H groups in total. The lowest BCUT2D eigenvalue weighted by Crippen LogP contribution is -1.99. The van der Waals surface area contributed by atoms with Gasteiger partial charge >= 0.3 is 0 Å². The molecule has 1 aliphatic carbocycles. The number of aromatic amines is 3. The molecule has 0 spiro atoms. The summed E-state index contributed by atoms with van der Waals surface area (Å²) in [6.07, 6.45) is 1.03. The molecule has 0 bridgehead atoms. The van der Waals surface area contributed by atoms with Crippen LogP contribution in [0.15, 0.2) is 33.3 Å². The summed E-state index contributed by atoms with van der Waals surface area (Å²) in [6, 6.07) is 7.94. The van der Waals surface area contributed by atoms with Gasteiger partial charge in [0.1, 0.15) is 17.3 Å². The third-order valence-electron chi connectivity index (χ3n) is 9.35. The van der Waals surface area contributed by atoms with E-state index >= 15 is 0 Å². The van der Waals surface area contributed by atoms with E-state index in [1.165, 1.54) is 0 Å². The molecule has 1 saturated carbocycles. The van der Waals surface area contributed by atoms with Crippen molar-refractivity contribution in [1.82, 2.24) is 40.7 Å². The first-order valence-electron chi connectivity index (χ1n) is 16.1. The lowest BCUT2D eigenvalue weighted by molar-refractivity contribution is 0.303. The molecule has 252 valence electrons. The minimum Gasteiger partial charge on any atom is -0.397 e. The maximum Gasteiger partial charge on any atom is 0.168 e. The molecule has 0 saturated heterocycles. The molecule has 12 nitrogen and oxygen atoms in total. The zero-order chi connectivity index (χ0) is 34.9. The Morgan fingerprint density at radius 3 is 1.65 bits per heavy atom. The highest BCUT2D eigenvalue weighted by atomic mass is 19.1. The number of benzene rings is 2. The van der Waals surface area contributed by atoms with Crippen LogP contribution >= 0.6 is 0 Å². The third-order valence-corrected chi connectivity index (χ3v) is 9.35. The standard InChI is InChI=1S/C20H20FN5O.C16H19N5O/c1-9-16(10(2)25-24-9)14-7-13(17-11(3)26-27-12(17)4)8-15-18(14)23-19(22-15)20(21)5-6-20;1-7-14(8(2)20-19-7)12-5-11(6-13(17)16(12)18)15-9(3)21-22-10(15)4/h7-8H,5-6H2,1-4H3,(H,22,23)(H,24,25);5-6H,17-18H2,1-4H3,(H,19,20). The summed E-state index contributed by atoms with van der Waals surface area (Å²) in [5.41, 5.74) is 26.6. The van der Waals surface area contributed by atoms with Gasteiger partial charge < -0.3 is 25.5 Å². The van der Waals surface area contributed by atoms with Crippen LogP contribution in [0.2, 0.25) is 0 Å². The molecule has 2 aromatic carbocycles. The van der Waals surface area contributed by atoms with E-state index in [1.807, 2.05) is 73.6 Å². The Bertz CT molecular complexity index is 2310. The van der Waals surface area contributed by atoms with Crippen LogP contribution in [0.4, 0.5) is 15.8 Å². The van der Waals surface area contributed by atoms with Crippen molar-refractivity contribution in [2.24, 2.45) is 0 Å². The summed E-state index contributed by atoms with van der Waals surface area (Å²) in [4.78, 5) is 7.85. The number of nitrogen functional groups attached to an aromatic ring is 2. The van der Waals surface area contributed by atoms with E-state index in [2.05, 4.69) is 46.7 Å². The fourth-order valence-corrected chi connectivity index (χ4v) is 6.72. The first-order chi connectivity index (χ1) is 23.3. The summed E-state index contributed by atoms with van der Waals surface area (Å²) in [6.45, 7) is 15.5. The second-order valence-corrected chi connectivity index (χ2v) is 13.0. The number of anilines is 2. The monoisotopic (exact) mass is 662 g/mol. The Morgan fingerprint density at radius 2 is 1.18 bits per heavy atom. The minimum absolute atomic E-state index is 0.411. The predicted octanol–water partition coefficient (Wildman–Crippen LogP) is 7.93. The van der Waals surface area contributed by atoms with Crippen LogP contribution in [0.25, 0.3) is 55.5 Å². The number of hydrogen-bond donors (Lipinski definition) is 5. The van der Waals surface area contributed by atoms with Gasteiger partial charge in [-0.05, 0) is 104 Å². The van der Waals surface area contributed by atoms with Crippen LogP contribution < -0.4 is 11.5 Å². The number of nitrogens with two attached hydrogens (primary N) is 2. The highest BCUT2D eigenvalue weighted by Crippen LogP contribution is 2.49. The number of H-pyrrole nitrogens is 3. The maximum absolute atomic E-state index is 14.7. The highest BCUT2D eigenvalue weighted by Gasteiger charge is 2.48. The number of nitrogens with zero attached hydrogens (tertiary/aromatic N) is 5. The van der Waals surface area contributed by atoms with Crippen LogP contribution in [0.1, 0.15) is 64.4 Å². The zero-order valence-electron chi connectivity index (χ0n) is 28.8. The molecule has 0 amide bonds. The molecular weight excluding hydrogens is 623 g/mol. The molecule has 1 aliphatic rings. The lowest BCUT2D eigenvalue weighted by atomic mass is 9.94. The number of hydrogen-bond acceptors (Lipinski definition) is 9. The molecule has 0 radical (unpaired) electrons. The number of alkyl halides is 1. The Morgan fingerprint density at radius 1 is 0.673 bits per heavy atom. The molecule has 5 aromatic heterocycles. The van der Waals surface area contributed by atoms with Gasteiger partial charge in [-0.25, -0.2) is 9.37 Å². The quantitative estimate of drug-likeness (QED) is 0.114. The van der Waals surface area contributed by atoms with E-state index in [0.717, 1.165) is 101 Å². The molecule has 1 fully saturated rings. The first-order valence-corrected chi connectivity index (χ1v) is 16.1. The van der Waals surface area contributed by atoms with Crippen molar-refractivity contribution in [2.75, 3.05) is 11.5 Å². The summed E-state index contributed by atoms with van der Waals surface area (Å²) in [7, 11) is 0. The average molecular weight is 663 g/mol. The van der Waals surface area contributed by atoms with Gasteiger partial charge in [0.05, 0.1) is 45.2 Å². The first kappa shape index (κ1) is 31.9. The second kappa shape index (κ2) is 11.5. The van der Waals surface area contributed by atoms with E-state index in [9.17, 15) is 4.39 Å². The average Bonchev–Trinajstić information content (AvgIpc) is 3.48. The number of aryl methyl sites for hydroxylation is 8. The fraction of sp³-hybridized carbons (Fsp3) is 0.306. The number of nitrogens with one attached hydrogen (secondary N) is 3.